The van der Waals surface area contributed by atoms with Crippen LogP contribution in [0.3, 0.4) is 0 Å². The van der Waals surface area contributed by atoms with Crippen LogP contribution in [0.5, 0.6) is 5.75 Å². The molecule has 0 spiro atoms. The van der Waals surface area contributed by atoms with E-state index in [0.29, 0.717) is 19.1 Å². The van der Waals surface area contributed by atoms with Crippen LogP contribution in [0.4, 0.5) is 5.69 Å². The van der Waals surface area contributed by atoms with Gasteiger partial charge in [-0.15, -0.1) is 0 Å². The van der Waals surface area contributed by atoms with Crippen molar-refractivity contribution in [3.63, 3.8) is 0 Å². The summed E-state index contributed by atoms with van der Waals surface area (Å²) in [5.41, 5.74) is 1.94. The summed E-state index contributed by atoms with van der Waals surface area (Å²) in [6, 6.07) is 17.6. The highest BCUT2D eigenvalue weighted by molar-refractivity contribution is 5.94. The van der Waals surface area contributed by atoms with Crippen molar-refractivity contribution < 1.29 is 4.74 Å². The molecule has 3 rings (SSSR count). The van der Waals surface area contributed by atoms with Gasteiger partial charge in [-0.2, -0.15) is 5.26 Å². The van der Waals surface area contributed by atoms with Gasteiger partial charge in [0.25, 0.3) is 0 Å². The highest BCUT2D eigenvalue weighted by atomic mass is 16.5. The van der Waals surface area contributed by atoms with Crippen LogP contribution in [0, 0.1) is 11.5 Å². The lowest BCUT2D eigenvalue weighted by atomic mass is 10.2. The number of anilines is 1. The number of nitrogens with zero attached hydrogens (tertiary/aromatic N) is 4. The normalized spacial score (nSPS) is 10.9. The first kappa shape index (κ1) is 19.0. The fourth-order valence-corrected chi connectivity index (χ4v) is 2.54. The van der Waals surface area contributed by atoms with Gasteiger partial charge in [0.05, 0.1) is 6.33 Å². The Morgan fingerprint density at radius 1 is 1.14 bits per heavy atom. The molecule has 0 amide bonds. The lowest BCUT2D eigenvalue weighted by Crippen LogP contribution is -2.27. The number of imidazole rings is 1. The van der Waals surface area contributed by atoms with Crippen LogP contribution in [0.2, 0.25) is 0 Å². The van der Waals surface area contributed by atoms with E-state index in [-0.39, 0.29) is 0 Å². The Kier molecular flexibility index (Phi) is 7.04. The van der Waals surface area contributed by atoms with Crippen LogP contribution in [0.25, 0.3) is 0 Å². The van der Waals surface area contributed by atoms with E-state index in [1.54, 1.807) is 12.5 Å². The number of aliphatic imine (C=N–C) groups is 1. The molecule has 0 aliphatic rings. The van der Waals surface area contributed by atoms with Crippen molar-refractivity contribution in [2.45, 2.75) is 19.6 Å². The van der Waals surface area contributed by atoms with Gasteiger partial charge in [-0.3, -0.25) is 10.3 Å². The quantitative estimate of drug-likeness (QED) is 0.207. The van der Waals surface area contributed by atoms with E-state index >= 15 is 0 Å². The average Bonchev–Trinajstić information content (AvgIpc) is 3.25. The minimum atomic E-state index is 0.422. The monoisotopic (exact) mass is 374 g/mol. The maximum Gasteiger partial charge on any atom is 0.209 e. The Morgan fingerprint density at radius 2 is 1.96 bits per heavy atom. The summed E-state index contributed by atoms with van der Waals surface area (Å²) in [7, 11) is 0. The number of benzene rings is 2. The molecule has 0 radical (unpaired) electrons. The predicted octanol–water partition coefficient (Wildman–Crippen LogP) is 3.39. The molecule has 0 fully saturated rings. The molecule has 0 aliphatic heterocycles. The van der Waals surface area contributed by atoms with Crippen LogP contribution < -0.4 is 15.4 Å². The summed E-state index contributed by atoms with van der Waals surface area (Å²) >= 11 is 0. The Bertz CT molecular complexity index is 898. The Labute approximate surface area is 164 Å². The zero-order chi connectivity index (χ0) is 19.4. The first-order valence-electron chi connectivity index (χ1n) is 9.02. The number of aromatic nitrogens is 2. The number of hydrogen-bond acceptors (Lipinski definition) is 4. The van der Waals surface area contributed by atoms with Crippen molar-refractivity contribution in [2.75, 3.05) is 11.9 Å². The third-order valence-electron chi connectivity index (χ3n) is 3.94. The number of hydrogen-bond donors (Lipinski definition) is 2. The standard InChI is InChI=1S/C21H22N6O/c22-16-25-21(24-11-4-13-27-14-12-23-17-27)26-19-7-9-20(10-8-19)28-15-18-5-2-1-3-6-18/h1-3,5-10,12,14,17H,4,11,13,15H2,(H2,24,25,26). The van der Waals surface area contributed by atoms with Gasteiger partial charge in [0, 0.05) is 31.2 Å². The van der Waals surface area contributed by atoms with Gasteiger partial charge in [0.2, 0.25) is 5.96 Å². The van der Waals surface area contributed by atoms with E-state index in [9.17, 15) is 0 Å². The molecule has 0 saturated carbocycles. The van der Waals surface area contributed by atoms with Crippen molar-refractivity contribution in [1.82, 2.24) is 14.9 Å². The van der Waals surface area contributed by atoms with Gasteiger partial charge in [-0.1, -0.05) is 30.3 Å². The van der Waals surface area contributed by atoms with Gasteiger partial charge in [-0.25, -0.2) is 4.98 Å². The fourth-order valence-electron chi connectivity index (χ4n) is 2.54. The molecule has 0 unspecified atom stereocenters. The second kappa shape index (κ2) is 10.4. The molecule has 7 nitrogen and oxygen atoms in total. The Hall–Kier alpha value is -3.79. The van der Waals surface area contributed by atoms with Crippen LogP contribution >= 0.6 is 0 Å². The van der Waals surface area contributed by atoms with Crippen molar-refractivity contribution >= 4 is 11.6 Å². The highest BCUT2D eigenvalue weighted by Gasteiger charge is 2.01. The summed E-state index contributed by atoms with van der Waals surface area (Å²) in [6.45, 7) is 1.94. The summed E-state index contributed by atoms with van der Waals surface area (Å²) in [5.74, 6) is 1.20. The van der Waals surface area contributed by atoms with Gasteiger partial charge < -0.3 is 14.6 Å². The summed E-state index contributed by atoms with van der Waals surface area (Å²) in [4.78, 5) is 8.42. The van der Waals surface area contributed by atoms with Crippen molar-refractivity contribution in [3.05, 3.63) is 78.9 Å². The zero-order valence-corrected chi connectivity index (χ0v) is 15.5. The topological polar surface area (TPSA) is 87.3 Å². The van der Waals surface area contributed by atoms with Crippen LogP contribution in [0.1, 0.15) is 12.0 Å². The first-order valence-corrected chi connectivity index (χ1v) is 9.02. The maximum atomic E-state index is 8.93. The number of aryl methyl sites for hydroxylation is 1. The minimum absolute atomic E-state index is 0.422. The number of ether oxygens (including phenoxy) is 1. The van der Waals surface area contributed by atoms with Crippen LogP contribution in [-0.2, 0) is 13.2 Å². The van der Waals surface area contributed by atoms with E-state index in [2.05, 4.69) is 20.6 Å². The second-order valence-electron chi connectivity index (χ2n) is 6.04. The fraction of sp³-hybridized carbons (Fsp3) is 0.190. The molecule has 0 aliphatic carbocycles. The van der Waals surface area contributed by atoms with E-state index < -0.39 is 0 Å². The van der Waals surface area contributed by atoms with E-state index in [0.717, 1.165) is 30.0 Å². The van der Waals surface area contributed by atoms with E-state index in [1.165, 1.54) is 0 Å². The third kappa shape index (κ3) is 6.18. The minimum Gasteiger partial charge on any atom is -0.489 e. The molecule has 3 aromatic rings. The molecule has 7 heteroatoms. The molecule has 0 saturated heterocycles. The van der Waals surface area contributed by atoms with Crippen molar-refractivity contribution in [2.24, 2.45) is 4.99 Å². The molecule has 2 aromatic carbocycles. The van der Waals surface area contributed by atoms with Gasteiger partial charge in [0.15, 0.2) is 6.19 Å². The Morgan fingerprint density at radius 3 is 2.68 bits per heavy atom. The SMILES string of the molecule is N#CNC(=NCCCn1ccnc1)Nc1ccc(OCc2ccccc2)cc1. The largest absolute Gasteiger partial charge is 0.489 e. The van der Waals surface area contributed by atoms with Crippen molar-refractivity contribution in [1.29, 1.82) is 5.26 Å². The number of nitriles is 1. The first-order chi connectivity index (χ1) is 13.8. The smallest absolute Gasteiger partial charge is 0.209 e. The summed E-state index contributed by atoms with van der Waals surface area (Å²) < 4.78 is 7.78. The number of nitrogens with one attached hydrogen (secondary N) is 2. The second-order valence-corrected chi connectivity index (χ2v) is 6.04. The van der Waals surface area contributed by atoms with Crippen LogP contribution in [0.15, 0.2) is 78.3 Å². The maximum absolute atomic E-state index is 8.93. The van der Waals surface area contributed by atoms with Gasteiger partial charge in [0.1, 0.15) is 12.4 Å². The lowest BCUT2D eigenvalue weighted by molar-refractivity contribution is 0.306. The average molecular weight is 374 g/mol. The molecule has 0 bridgehead atoms. The molecule has 2 N–H and O–H groups in total. The number of guanidine groups is 1. The molecular formula is C21H22N6O. The lowest BCUT2D eigenvalue weighted by Gasteiger charge is -2.10. The van der Waals surface area contributed by atoms with E-state index in [1.807, 2.05) is 71.6 Å². The van der Waals surface area contributed by atoms with Crippen molar-refractivity contribution in [3.8, 4) is 11.9 Å². The molecule has 1 heterocycles. The van der Waals surface area contributed by atoms with Crippen LogP contribution in [-0.4, -0.2) is 22.1 Å². The van der Waals surface area contributed by atoms with Gasteiger partial charge in [-0.05, 0) is 36.2 Å². The molecular weight excluding hydrogens is 352 g/mol. The summed E-state index contributed by atoms with van der Waals surface area (Å²) in [5, 5.41) is 14.6. The van der Waals surface area contributed by atoms with E-state index in [4.69, 9.17) is 10.00 Å². The Balaban J connectivity index is 1.49. The molecule has 28 heavy (non-hydrogen) atoms. The number of rotatable bonds is 8. The predicted molar refractivity (Wildman–Crippen MR) is 109 cm³/mol. The van der Waals surface area contributed by atoms with Gasteiger partial charge >= 0.3 is 0 Å². The summed E-state index contributed by atoms with van der Waals surface area (Å²) in [6.07, 6.45) is 8.20. The highest BCUT2D eigenvalue weighted by Crippen LogP contribution is 2.17. The third-order valence-corrected chi connectivity index (χ3v) is 3.94. The molecule has 142 valence electrons. The molecule has 0 atom stereocenters. The zero-order valence-electron chi connectivity index (χ0n) is 15.5. The molecule has 1 aromatic heterocycles.